The van der Waals surface area contributed by atoms with Crippen LogP contribution in [0.25, 0.3) is 0 Å². The lowest BCUT2D eigenvalue weighted by atomic mass is 10.1. The van der Waals surface area contributed by atoms with Gasteiger partial charge in [-0.3, -0.25) is 4.99 Å². The van der Waals surface area contributed by atoms with Crippen LogP contribution in [0.15, 0.2) is 29.3 Å². The molecule has 0 radical (unpaired) electrons. The van der Waals surface area contributed by atoms with Crippen molar-refractivity contribution in [1.82, 2.24) is 15.1 Å². The smallest absolute Gasteiger partial charge is 0.193 e. The van der Waals surface area contributed by atoms with Crippen LogP contribution < -0.4 is 5.32 Å². The Morgan fingerprint density at radius 3 is 2.41 bits per heavy atom. The third-order valence-electron chi connectivity index (χ3n) is 5.00. The van der Waals surface area contributed by atoms with Crippen molar-refractivity contribution >= 4 is 29.9 Å². The van der Waals surface area contributed by atoms with Crippen LogP contribution in [0.3, 0.4) is 0 Å². The molecule has 0 aromatic heterocycles. The van der Waals surface area contributed by atoms with E-state index >= 15 is 0 Å². The second-order valence-electron chi connectivity index (χ2n) is 7.19. The fraction of sp³-hybridized carbons (Fsp3) is 0.667. The number of halogens is 1. The highest BCUT2D eigenvalue weighted by atomic mass is 127. The summed E-state index contributed by atoms with van der Waals surface area (Å²) in [5.41, 5.74) is 2.68. The highest BCUT2D eigenvalue weighted by molar-refractivity contribution is 14.0. The molecule has 5 nitrogen and oxygen atoms in total. The Morgan fingerprint density at radius 1 is 1.19 bits per heavy atom. The van der Waals surface area contributed by atoms with Crippen LogP contribution in [0.4, 0.5) is 0 Å². The maximum atomic E-state index is 9.58. The topological polar surface area (TPSA) is 51.1 Å². The van der Waals surface area contributed by atoms with Crippen molar-refractivity contribution in [3.05, 3.63) is 35.4 Å². The number of benzene rings is 1. The van der Waals surface area contributed by atoms with Gasteiger partial charge < -0.3 is 20.2 Å². The first-order valence-corrected chi connectivity index (χ1v) is 10.1. The molecule has 1 saturated heterocycles. The van der Waals surface area contributed by atoms with Crippen molar-refractivity contribution in [1.29, 1.82) is 0 Å². The lowest BCUT2D eigenvalue weighted by Gasteiger charge is -2.29. The third kappa shape index (κ3) is 8.79. The summed E-state index contributed by atoms with van der Waals surface area (Å²) in [4.78, 5) is 9.43. The molecule has 2 N–H and O–H groups in total. The van der Waals surface area contributed by atoms with E-state index < -0.39 is 0 Å². The second-order valence-corrected chi connectivity index (χ2v) is 7.19. The number of aliphatic hydroxyl groups is 1. The van der Waals surface area contributed by atoms with E-state index in [1.54, 1.807) is 0 Å². The predicted molar refractivity (Wildman–Crippen MR) is 125 cm³/mol. The molecule has 1 aromatic rings. The summed E-state index contributed by atoms with van der Waals surface area (Å²) in [7, 11) is 2.10. The van der Waals surface area contributed by atoms with E-state index in [9.17, 15) is 5.11 Å². The van der Waals surface area contributed by atoms with Crippen LogP contribution in [-0.2, 0) is 13.0 Å². The fourth-order valence-corrected chi connectivity index (χ4v) is 3.32. The van der Waals surface area contributed by atoms with Gasteiger partial charge in [0.25, 0.3) is 0 Å². The Hall–Kier alpha value is -0.860. The Morgan fingerprint density at radius 2 is 1.81 bits per heavy atom. The zero-order valence-corrected chi connectivity index (χ0v) is 19.5. The molecular weight excluding hydrogens is 451 g/mol. The normalized spacial score (nSPS) is 16.1. The first-order chi connectivity index (χ1) is 12.6. The van der Waals surface area contributed by atoms with E-state index in [1.807, 2.05) is 0 Å². The Bertz CT molecular complexity index is 542. The first-order valence-electron chi connectivity index (χ1n) is 10.1. The van der Waals surface area contributed by atoms with Crippen LogP contribution in [0, 0.1) is 0 Å². The molecule has 6 heteroatoms. The Labute approximate surface area is 182 Å². The molecule has 0 amide bonds. The average molecular weight is 488 g/mol. The number of aliphatic hydroxyl groups excluding tert-OH is 1. The minimum atomic E-state index is -0.0929. The van der Waals surface area contributed by atoms with Crippen molar-refractivity contribution in [3.8, 4) is 0 Å². The number of aliphatic imine (C=N–C) groups is 1. The fourth-order valence-electron chi connectivity index (χ4n) is 3.32. The summed E-state index contributed by atoms with van der Waals surface area (Å²) in [6, 6.07) is 8.85. The largest absolute Gasteiger partial charge is 0.393 e. The van der Waals surface area contributed by atoms with E-state index in [-0.39, 0.29) is 30.1 Å². The maximum Gasteiger partial charge on any atom is 0.193 e. The summed E-state index contributed by atoms with van der Waals surface area (Å²) < 4.78 is 0. The van der Waals surface area contributed by atoms with Gasteiger partial charge in [0.1, 0.15) is 0 Å². The molecule has 0 aliphatic carbocycles. The highest BCUT2D eigenvalue weighted by Gasteiger charge is 2.16. The Balaban J connectivity index is 0.00000364. The number of aryl methyl sites for hydroxylation is 1. The van der Waals surface area contributed by atoms with E-state index in [1.165, 1.54) is 11.1 Å². The molecule has 0 saturated carbocycles. The SMILES string of the molecule is CCNC(=NCCCN1CCC(O)CC1)N(C)Cc1ccc(CC)cc1.I. The number of hydrogen-bond donors (Lipinski definition) is 2. The van der Waals surface area contributed by atoms with Crippen LogP contribution in [0.2, 0.25) is 0 Å². The summed E-state index contributed by atoms with van der Waals surface area (Å²) in [6.07, 6.45) is 3.86. The summed E-state index contributed by atoms with van der Waals surface area (Å²) in [5.74, 6) is 0.973. The van der Waals surface area contributed by atoms with Gasteiger partial charge in [0.05, 0.1) is 6.10 Å². The molecule has 1 heterocycles. The molecule has 154 valence electrons. The lowest BCUT2D eigenvalue weighted by Crippen LogP contribution is -2.39. The number of nitrogens with one attached hydrogen (secondary N) is 1. The van der Waals surface area contributed by atoms with E-state index in [4.69, 9.17) is 4.99 Å². The molecule has 2 rings (SSSR count). The van der Waals surface area contributed by atoms with Crippen molar-refractivity contribution in [3.63, 3.8) is 0 Å². The third-order valence-corrected chi connectivity index (χ3v) is 5.00. The molecule has 1 aromatic carbocycles. The number of nitrogens with zero attached hydrogens (tertiary/aromatic N) is 3. The van der Waals surface area contributed by atoms with E-state index in [0.717, 1.165) is 70.9 Å². The standard InChI is InChI=1S/C21H36N4O.HI/c1-4-18-7-9-19(10-8-18)17-24(3)21(22-5-2)23-13-6-14-25-15-11-20(26)12-16-25;/h7-10,20,26H,4-6,11-17H2,1-3H3,(H,22,23);1H. The molecule has 0 unspecified atom stereocenters. The molecular formula is C21H37IN4O. The maximum absolute atomic E-state index is 9.58. The van der Waals surface area contributed by atoms with Crippen molar-refractivity contribution in [2.24, 2.45) is 4.99 Å². The molecule has 0 bridgehead atoms. The summed E-state index contributed by atoms with van der Waals surface area (Å²) >= 11 is 0. The number of guanidine groups is 1. The minimum absolute atomic E-state index is 0. The van der Waals surface area contributed by atoms with Gasteiger partial charge >= 0.3 is 0 Å². The molecule has 0 atom stereocenters. The van der Waals surface area contributed by atoms with Gasteiger partial charge in [-0.05, 0) is 50.3 Å². The number of rotatable bonds is 8. The second kappa shape index (κ2) is 13.3. The van der Waals surface area contributed by atoms with Crippen molar-refractivity contribution < 1.29 is 5.11 Å². The highest BCUT2D eigenvalue weighted by Crippen LogP contribution is 2.10. The zero-order valence-electron chi connectivity index (χ0n) is 17.2. The van der Waals surface area contributed by atoms with Gasteiger partial charge in [0.15, 0.2) is 5.96 Å². The molecule has 1 fully saturated rings. The zero-order chi connectivity index (χ0) is 18.8. The van der Waals surface area contributed by atoms with Crippen LogP contribution in [0.1, 0.15) is 44.2 Å². The van der Waals surface area contributed by atoms with Crippen LogP contribution in [-0.4, -0.2) is 66.7 Å². The van der Waals surface area contributed by atoms with Gasteiger partial charge in [-0.2, -0.15) is 0 Å². The van der Waals surface area contributed by atoms with Gasteiger partial charge in [0, 0.05) is 39.8 Å². The minimum Gasteiger partial charge on any atom is -0.393 e. The van der Waals surface area contributed by atoms with Gasteiger partial charge in [-0.1, -0.05) is 31.2 Å². The Kier molecular flexibility index (Phi) is 11.9. The molecule has 1 aliphatic rings. The van der Waals surface area contributed by atoms with Crippen LogP contribution in [0.5, 0.6) is 0 Å². The lowest BCUT2D eigenvalue weighted by molar-refractivity contribution is 0.0824. The first kappa shape index (κ1) is 24.2. The van der Waals surface area contributed by atoms with Crippen LogP contribution >= 0.6 is 24.0 Å². The van der Waals surface area contributed by atoms with Gasteiger partial charge in [-0.25, -0.2) is 0 Å². The summed E-state index contributed by atoms with van der Waals surface area (Å²) in [5, 5.41) is 13.0. The van der Waals surface area contributed by atoms with Crippen molar-refractivity contribution in [2.75, 3.05) is 39.8 Å². The molecule has 27 heavy (non-hydrogen) atoms. The van der Waals surface area contributed by atoms with Gasteiger partial charge in [-0.15, -0.1) is 24.0 Å². The van der Waals surface area contributed by atoms with E-state index in [0.29, 0.717) is 0 Å². The monoisotopic (exact) mass is 488 g/mol. The summed E-state index contributed by atoms with van der Waals surface area (Å²) in [6.45, 7) is 9.96. The van der Waals surface area contributed by atoms with Crippen molar-refractivity contribution in [2.45, 2.75) is 52.2 Å². The molecule has 1 aliphatic heterocycles. The van der Waals surface area contributed by atoms with Gasteiger partial charge in [0.2, 0.25) is 0 Å². The number of piperidine rings is 1. The van der Waals surface area contributed by atoms with E-state index in [2.05, 4.69) is 60.3 Å². The quantitative estimate of drug-likeness (QED) is 0.256. The number of likely N-dealkylation sites (tertiary alicyclic amines) is 1. The number of hydrogen-bond acceptors (Lipinski definition) is 3. The average Bonchev–Trinajstić information content (AvgIpc) is 2.66. The predicted octanol–water partition coefficient (Wildman–Crippen LogP) is 3.11. The molecule has 0 spiro atoms.